The van der Waals surface area contributed by atoms with Crippen molar-refractivity contribution in [2.45, 2.75) is 0 Å². The van der Waals surface area contributed by atoms with E-state index < -0.39 is 17.3 Å². The topological polar surface area (TPSA) is 99.1 Å². The molecule has 0 saturated heterocycles. The van der Waals surface area contributed by atoms with Gasteiger partial charge in [-0.25, -0.2) is 14.6 Å². The first-order chi connectivity index (χ1) is 7.45. The van der Waals surface area contributed by atoms with Crippen LogP contribution in [0.2, 0.25) is 0 Å². The van der Waals surface area contributed by atoms with Gasteiger partial charge in [0.1, 0.15) is 0 Å². The van der Waals surface area contributed by atoms with E-state index in [1.54, 1.807) is 7.05 Å². The van der Waals surface area contributed by atoms with Crippen molar-refractivity contribution in [3.63, 3.8) is 0 Å². The molecule has 0 bridgehead atoms. The van der Waals surface area contributed by atoms with Crippen LogP contribution < -0.4 is 11.2 Å². The van der Waals surface area contributed by atoms with E-state index in [1.165, 1.54) is 17.9 Å². The number of aryl methyl sites for hydroxylation is 2. The van der Waals surface area contributed by atoms with Gasteiger partial charge >= 0.3 is 11.8 Å². The van der Waals surface area contributed by atoms with Gasteiger partial charge in [-0.15, -0.1) is 0 Å². The number of nitrogens with zero attached hydrogens (tertiary/aromatic N) is 4. The van der Waals surface area contributed by atoms with Crippen LogP contribution in [-0.4, -0.2) is 29.9 Å². The van der Waals surface area contributed by atoms with Crippen molar-refractivity contribution in [2.24, 2.45) is 14.1 Å². The Morgan fingerprint density at radius 2 is 2.00 bits per heavy atom. The minimum Gasteiger partial charge on any atom is -0.464 e. The van der Waals surface area contributed by atoms with E-state index in [4.69, 9.17) is 5.11 Å². The molecule has 2 heterocycles. The Labute approximate surface area is 88.0 Å². The summed E-state index contributed by atoms with van der Waals surface area (Å²) in [6, 6.07) is 0. The predicted molar refractivity (Wildman–Crippen MR) is 53.6 cm³/mol. The fourth-order valence-corrected chi connectivity index (χ4v) is 1.51. The third kappa shape index (κ3) is 1.09. The molecule has 0 aliphatic rings. The zero-order valence-corrected chi connectivity index (χ0v) is 8.54. The lowest BCUT2D eigenvalue weighted by atomic mass is 10.5. The molecule has 0 atom stereocenters. The van der Waals surface area contributed by atoms with Crippen molar-refractivity contribution in [3.8, 4) is 0 Å². The molecule has 2 aromatic rings. The fourth-order valence-electron chi connectivity index (χ4n) is 1.51. The number of fused-ring (bicyclic) bond motifs is 1. The maximum Gasteiger partial charge on any atom is 0.422 e. The summed E-state index contributed by atoms with van der Waals surface area (Å²) in [6.07, 6.45) is -0.258. The Kier molecular flexibility index (Phi) is 1.94. The van der Waals surface area contributed by atoms with Gasteiger partial charge in [-0.2, -0.15) is 4.57 Å². The average Bonchev–Trinajstić information content (AvgIpc) is 2.57. The lowest BCUT2D eigenvalue weighted by Gasteiger charge is -2.03. The molecular weight excluding hydrogens is 216 g/mol. The standard InChI is InChI=1S/C8H8N4O4/c1-10-3-9-5-4(10)6(13)12(8(15)16)7(14)11(5)2/h3H,1-2H3,(H,15,16). The van der Waals surface area contributed by atoms with Gasteiger partial charge in [-0.05, 0) is 0 Å². The highest BCUT2D eigenvalue weighted by molar-refractivity contribution is 5.75. The molecule has 2 rings (SSSR count). The summed E-state index contributed by atoms with van der Waals surface area (Å²) in [5.41, 5.74) is -1.58. The monoisotopic (exact) mass is 224 g/mol. The molecule has 1 N–H and O–H groups in total. The molecule has 8 heteroatoms. The molecule has 0 fully saturated rings. The third-order valence-electron chi connectivity index (χ3n) is 2.31. The van der Waals surface area contributed by atoms with Gasteiger partial charge in [0.25, 0.3) is 5.56 Å². The van der Waals surface area contributed by atoms with Crippen LogP contribution in [0, 0.1) is 0 Å². The van der Waals surface area contributed by atoms with E-state index in [9.17, 15) is 14.4 Å². The van der Waals surface area contributed by atoms with Gasteiger partial charge in [-0.3, -0.25) is 9.36 Å². The number of aromatic nitrogens is 4. The van der Waals surface area contributed by atoms with Crippen molar-refractivity contribution in [1.29, 1.82) is 0 Å². The second kappa shape index (κ2) is 3.05. The molecule has 0 radical (unpaired) electrons. The Morgan fingerprint density at radius 3 is 2.56 bits per heavy atom. The molecule has 0 saturated carbocycles. The van der Waals surface area contributed by atoms with Gasteiger partial charge in [-0.1, -0.05) is 0 Å². The molecule has 8 nitrogen and oxygen atoms in total. The van der Waals surface area contributed by atoms with Crippen molar-refractivity contribution in [2.75, 3.05) is 0 Å². The van der Waals surface area contributed by atoms with Crippen LogP contribution in [0.3, 0.4) is 0 Å². The van der Waals surface area contributed by atoms with Gasteiger partial charge in [0.15, 0.2) is 11.2 Å². The summed E-state index contributed by atoms with van der Waals surface area (Å²) >= 11 is 0. The van der Waals surface area contributed by atoms with Crippen LogP contribution in [0.25, 0.3) is 11.2 Å². The highest BCUT2D eigenvalue weighted by Crippen LogP contribution is 2.02. The maximum atomic E-state index is 11.7. The molecule has 2 aromatic heterocycles. The Hall–Kier alpha value is -2.38. The van der Waals surface area contributed by atoms with Crippen molar-refractivity contribution < 1.29 is 9.90 Å². The average molecular weight is 224 g/mol. The van der Waals surface area contributed by atoms with Crippen LogP contribution in [-0.2, 0) is 14.1 Å². The minimum absolute atomic E-state index is 0.0736. The SMILES string of the molecule is Cn1cnc2c1c(=O)n(C(=O)O)c(=O)n2C. The number of imidazole rings is 1. The summed E-state index contributed by atoms with van der Waals surface area (Å²) in [5, 5.41) is 8.78. The number of carboxylic acid groups (broad SMARTS) is 1. The highest BCUT2D eigenvalue weighted by Gasteiger charge is 2.18. The molecule has 0 unspecified atom stereocenters. The Balaban J connectivity index is 3.17. The molecule has 84 valence electrons. The Bertz CT molecular complexity index is 705. The molecule has 0 aliphatic heterocycles. The van der Waals surface area contributed by atoms with Gasteiger partial charge in [0.05, 0.1) is 6.33 Å². The number of hydrogen-bond acceptors (Lipinski definition) is 4. The van der Waals surface area contributed by atoms with E-state index >= 15 is 0 Å². The maximum absolute atomic E-state index is 11.7. The van der Waals surface area contributed by atoms with Gasteiger partial charge < -0.3 is 9.67 Å². The number of carbonyl (C=O) groups is 1. The van der Waals surface area contributed by atoms with E-state index in [0.29, 0.717) is 0 Å². The normalized spacial score (nSPS) is 10.9. The first kappa shape index (κ1) is 10.1. The predicted octanol–water partition coefficient (Wildman–Crippen LogP) is -1.04. The number of hydrogen-bond donors (Lipinski definition) is 1. The molecule has 0 spiro atoms. The molecular formula is C8H8N4O4. The second-order valence-corrected chi connectivity index (χ2v) is 3.29. The first-order valence-electron chi connectivity index (χ1n) is 4.31. The first-order valence-corrected chi connectivity index (χ1v) is 4.31. The van der Waals surface area contributed by atoms with Gasteiger partial charge in [0.2, 0.25) is 0 Å². The van der Waals surface area contributed by atoms with Crippen molar-refractivity contribution in [3.05, 3.63) is 27.2 Å². The highest BCUT2D eigenvalue weighted by atomic mass is 16.4. The van der Waals surface area contributed by atoms with Crippen LogP contribution in [0.15, 0.2) is 15.9 Å². The van der Waals surface area contributed by atoms with Crippen LogP contribution in [0.1, 0.15) is 0 Å². The minimum atomic E-state index is -1.60. The third-order valence-corrected chi connectivity index (χ3v) is 2.31. The summed E-state index contributed by atoms with van der Waals surface area (Å²) in [4.78, 5) is 37.9. The zero-order valence-electron chi connectivity index (χ0n) is 8.54. The number of rotatable bonds is 0. The largest absolute Gasteiger partial charge is 0.464 e. The van der Waals surface area contributed by atoms with E-state index in [2.05, 4.69) is 4.98 Å². The smallest absolute Gasteiger partial charge is 0.422 e. The van der Waals surface area contributed by atoms with Gasteiger partial charge in [0, 0.05) is 14.1 Å². The van der Waals surface area contributed by atoms with E-state index in [1.807, 2.05) is 0 Å². The molecule has 0 aromatic carbocycles. The second-order valence-electron chi connectivity index (χ2n) is 3.29. The lowest BCUT2D eigenvalue weighted by molar-refractivity contribution is 0.193. The van der Waals surface area contributed by atoms with Crippen molar-refractivity contribution >= 4 is 17.3 Å². The zero-order chi connectivity index (χ0) is 12.0. The van der Waals surface area contributed by atoms with E-state index in [-0.39, 0.29) is 15.7 Å². The Morgan fingerprint density at radius 1 is 1.38 bits per heavy atom. The van der Waals surface area contributed by atoms with Crippen LogP contribution in [0.5, 0.6) is 0 Å². The lowest BCUT2D eigenvalue weighted by Crippen LogP contribution is -2.42. The molecule has 0 amide bonds. The van der Waals surface area contributed by atoms with Crippen LogP contribution in [0.4, 0.5) is 4.79 Å². The summed E-state index contributed by atoms with van der Waals surface area (Å²) < 4.78 is 2.55. The molecule has 0 aliphatic carbocycles. The summed E-state index contributed by atoms with van der Waals surface area (Å²) in [5.74, 6) is 0. The fraction of sp³-hybridized carbons (Fsp3) is 0.250. The quantitative estimate of drug-likeness (QED) is 0.616. The summed E-state index contributed by atoms with van der Waals surface area (Å²) in [6.45, 7) is 0. The molecule has 16 heavy (non-hydrogen) atoms. The van der Waals surface area contributed by atoms with Crippen molar-refractivity contribution in [1.82, 2.24) is 18.7 Å². The summed E-state index contributed by atoms with van der Waals surface area (Å²) in [7, 11) is 2.91. The van der Waals surface area contributed by atoms with Crippen LogP contribution >= 0.6 is 0 Å². The van der Waals surface area contributed by atoms with E-state index in [0.717, 1.165) is 4.57 Å².